The van der Waals surface area contributed by atoms with Crippen molar-refractivity contribution in [3.8, 4) is 11.3 Å². The summed E-state index contributed by atoms with van der Waals surface area (Å²) in [4.78, 5) is 40.9. The van der Waals surface area contributed by atoms with E-state index in [0.717, 1.165) is 77.0 Å². The average molecular weight is 715 g/mol. The Hall–Kier alpha value is -6.48. The summed E-state index contributed by atoms with van der Waals surface area (Å²) < 4.78 is 2.41. The number of likely N-dealkylation sites (tertiary alicyclic amines) is 1. The van der Waals surface area contributed by atoms with Crippen molar-refractivity contribution in [3.63, 3.8) is 0 Å². The number of hydrogen-bond acceptors (Lipinski definition) is 4. The summed E-state index contributed by atoms with van der Waals surface area (Å²) in [5, 5.41) is 14.4. The second-order valence-corrected chi connectivity index (χ2v) is 13.8. The fraction of sp³-hybridized carbons (Fsp3) is 0.200. The summed E-state index contributed by atoms with van der Waals surface area (Å²) >= 11 is 0. The molecule has 3 N–H and O–H groups in total. The number of aromatic amines is 1. The molecule has 8 rings (SSSR count). The van der Waals surface area contributed by atoms with Crippen molar-refractivity contribution in [1.29, 1.82) is 0 Å². The van der Waals surface area contributed by atoms with Crippen molar-refractivity contribution < 1.29 is 14.7 Å². The molecule has 2 atom stereocenters. The monoisotopic (exact) mass is 714 g/mol. The van der Waals surface area contributed by atoms with Crippen LogP contribution in [0.4, 0.5) is 10.5 Å². The number of fused-ring (bicyclic) bond motifs is 3. The maximum absolute atomic E-state index is 13.9. The Labute approximate surface area is 314 Å². The van der Waals surface area contributed by atoms with E-state index in [9.17, 15) is 14.7 Å². The van der Waals surface area contributed by atoms with E-state index in [1.807, 2.05) is 48.7 Å². The van der Waals surface area contributed by atoms with Crippen LogP contribution in [-0.4, -0.2) is 48.8 Å². The third-order valence-corrected chi connectivity index (χ3v) is 10.3. The molecule has 0 radical (unpaired) electrons. The molecule has 2 aromatic heterocycles. The Morgan fingerprint density at radius 1 is 0.870 bits per heavy atom. The van der Waals surface area contributed by atoms with Crippen molar-refractivity contribution in [2.45, 2.75) is 51.2 Å². The van der Waals surface area contributed by atoms with Crippen molar-refractivity contribution in [3.05, 3.63) is 156 Å². The van der Waals surface area contributed by atoms with Gasteiger partial charge in [-0.15, -0.1) is 0 Å². The number of aryl methyl sites for hydroxylation is 1. The maximum atomic E-state index is 13.9. The van der Waals surface area contributed by atoms with E-state index in [1.54, 1.807) is 29.2 Å². The van der Waals surface area contributed by atoms with E-state index in [-0.39, 0.29) is 11.9 Å². The SMILES string of the molecule is CCCCn1c2cc(N=C(c3ccccc3)c3ccccc3)ccc2c2ccc(-c3cnc(C4CCCN4C(=O)[C@H](NC(=O)O)c4ccccc4)[nH]3)cc21. The first-order valence-corrected chi connectivity index (χ1v) is 18.6. The summed E-state index contributed by atoms with van der Waals surface area (Å²) in [6.07, 6.45) is 4.23. The standard InChI is InChI=1S/C45H42N6O3/c1-2-3-25-50-39-27-33(37-29-46-43(48-37)38-20-13-26-51(38)44(52)42(49-45(53)54)32-18-11-6-12-19-32)21-23-35(39)36-24-22-34(28-40(36)50)47-41(30-14-7-4-8-15-30)31-16-9-5-10-17-31/h4-12,14-19,21-24,27-29,38,42,49H,2-3,13,20,25-26H2,1H3,(H,46,48)(H,53,54)/t38?,42-/m1/s1. The van der Waals surface area contributed by atoms with Gasteiger partial charge in [-0.05, 0) is 43.0 Å². The molecule has 9 nitrogen and oxygen atoms in total. The van der Waals surface area contributed by atoms with E-state index >= 15 is 0 Å². The molecule has 54 heavy (non-hydrogen) atoms. The molecule has 1 aliphatic heterocycles. The molecule has 270 valence electrons. The molecule has 7 aromatic rings. The number of imidazole rings is 1. The minimum absolute atomic E-state index is 0.283. The van der Waals surface area contributed by atoms with Crippen LogP contribution in [0.2, 0.25) is 0 Å². The van der Waals surface area contributed by atoms with Crippen molar-refractivity contribution >= 4 is 45.2 Å². The third kappa shape index (κ3) is 6.88. The molecule has 1 aliphatic rings. The molecule has 1 saturated heterocycles. The van der Waals surface area contributed by atoms with Gasteiger partial charge >= 0.3 is 6.09 Å². The fourth-order valence-electron chi connectivity index (χ4n) is 7.68. The van der Waals surface area contributed by atoms with Gasteiger partial charge in [0.1, 0.15) is 11.9 Å². The van der Waals surface area contributed by atoms with Gasteiger partial charge in [0.05, 0.1) is 34.8 Å². The van der Waals surface area contributed by atoms with E-state index in [4.69, 9.17) is 9.98 Å². The maximum Gasteiger partial charge on any atom is 0.405 e. The zero-order valence-corrected chi connectivity index (χ0v) is 30.2. The molecule has 0 bridgehead atoms. The molecule has 5 aromatic carbocycles. The second-order valence-electron chi connectivity index (χ2n) is 13.8. The number of rotatable bonds is 11. The number of H-pyrrole nitrogens is 1. The molecule has 0 spiro atoms. The topological polar surface area (TPSA) is 116 Å². The molecule has 2 amide bonds. The van der Waals surface area contributed by atoms with Crippen LogP contribution in [0, 0.1) is 0 Å². The van der Waals surface area contributed by atoms with Gasteiger partial charge in [0.25, 0.3) is 5.91 Å². The highest BCUT2D eigenvalue weighted by atomic mass is 16.4. The second kappa shape index (κ2) is 15.2. The minimum Gasteiger partial charge on any atom is -0.465 e. The number of benzene rings is 5. The van der Waals surface area contributed by atoms with E-state index in [2.05, 4.69) is 82.5 Å². The Kier molecular flexibility index (Phi) is 9.77. The fourth-order valence-corrected chi connectivity index (χ4v) is 7.68. The minimum atomic E-state index is -1.24. The number of hydrogen-bond donors (Lipinski definition) is 3. The van der Waals surface area contributed by atoms with Gasteiger partial charge < -0.3 is 24.9 Å². The largest absolute Gasteiger partial charge is 0.465 e. The summed E-state index contributed by atoms with van der Waals surface area (Å²) in [6.45, 7) is 3.61. The summed E-state index contributed by atoms with van der Waals surface area (Å²) in [6, 6.07) is 41.4. The molecule has 0 aliphatic carbocycles. The van der Waals surface area contributed by atoms with E-state index in [0.29, 0.717) is 17.9 Å². The Bertz CT molecular complexity index is 2410. The van der Waals surface area contributed by atoms with Crippen LogP contribution >= 0.6 is 0 Å². The Morgan fingerprint density at radius 2 is 1.52 bits per heavy atom. The van der Waals surface area contributed by atoms with Crippen LogP contribution in [0.1, 0.15) is 67.2 Å². The molecule has 9 heteroatoms. The summed E-state index contributed by atoms with van der Waals surface area (Å²) in [5.74, 6) is 0.411. The van der Waals surface area contributed by atoms with Gasteiger partial charge in [-0.3, -0.25) is 4.79 Å². The lowest BCUT2D eigenvalue weighted by molar-refractivity contribution is -0.134. The quantitative estimate of drug-likeness (QED) is 0.116. The van der Waals surface area contributed by atoms with Crippen LogP contribution < -0.4 is 5.32 Å². The molecule has 3 heterocycles. The molecular weight excluding hydrogens is 673 g/mol. The molecular formula is C45H42N6O3. The molecule has 0 saturated carbocycles. The first-order chi connectivity index (χ1) is 26.5. The Morgan fingerprint density at radius 3 is 2.19 bits per heavy atom. The zero-order valence-electron chi connectivity index (χ0n) is 30.2. The van der Waals surface area contributed by atoms with E-state index in [1.165, 1.54) is 10.8 Å². The number of unbranched alkanes of at least 4 members (excludes halogenated alkanes) is 1. The lowest BCUT2D eigenvalue weighted by Crippen LogP contribution is -2.42. The highest BCUT2D eigenvalue weighted by Gasteiger charge is 2.37. The zero-order chi connectivity index (χ0) is 37.0. The lowest BCUT2D eigenvalue weighted by atomic mass is 10.0. The molecule has 1 unspecified atom stereocenters. The highest BCUT2D eigenvalue weighted by molar-refractivity contribution is 6.14. The molecule has 1 fully saturated rings. The first-order valence-electron chi connectivity index (χ1n) is 18.6. The number of amides is 2. The predicted molar refractivity (Wildman–Crippen MR) is 214 cm³/mol. The van der Waals surface area contributed by atoms with Crippen molar-refractivity contribution in [1.82, 2.24) is 24.8 Å². The van der Waals surface area contributed by atoms with Gasteiger partial charge in [-0.25, -0.2) is 14.8 Å². The van der Waals surface area contributed by atoms with Crippen LogP contribution in [0.3, 0.4) is 0 Å². The number of aromatic nitrogens is 3. The summed E-state index contributed by atoms with van der Waals surface area (Å²) in [7, 11) is 0. The third-order valence-electron chi connectivity index (χ3n) is 10.3. The van der Waals surface area contributed by atoms with Gasteiger partial charge in [0.15, 0.2) is 0 Å². The van der Waals surface area contributed by atoms with Crippen LogP contribution in [-0.2, 0) is 11.3 Å². The first kappa shape index (κ1) is 34.6. The van der Waals surface area contributed by atoms with Crippen LogP contribution in [0.25, 0.3) is 33.1 Å². The van der Waals surface area contributed by atoms with Gasteiger partial charge in [-0.2, -0.15) is 0 Å². The Balaban J connectivity index is 1.14. The number of carbonyl (C=O) groups excluding carboxylic acids is 1. The highest BCUT2D eigenvalue weighted by Crippen LogP contribution is 2.37. The summed E-state index contributed by atoms with van der Waals surface area (Å²) in [5.41, 5.74) is 8.72. The van der Waals surface area contributed by atoms with Gasteiger partial charge in [0, 0.05) is 46.1 Å². The normalized spacial score (nSPS) is 14.7. The smallest absolute Gasteiger partial charge is 0.405 e. The number of nitrogens with one attached hydrogen (secondary N) is 2. The average Bonchev–Trinajstić information content (AvgIpc) is 3.97. The predicted octanol–water partition coefficient (Wildman–Crippen LogP) is 9.83. The number of nitrogens with zero attached hydrogens (tertiary/aromatic N) is 4. The van der Waals surface area contributed by atoms with E-state index < -0.39 is 12.1 Å². The van der Waals surface area contributed by atoms with Crippen molar-refractivity contribution in [2.24, 2.45) is 4.99 Å². The lowest BCUT2D eigenvalue weighted by Gasteiger charge is -2.28. The number of aliphatic imine (C=N–C) groups is 1. The van der Waals surface area contributed by atoms with Crippen LogP contribution in [0.15, 0.2) is 139 Å². The number of carboxylic acid groups (broad SMARTS) is 1. The number of carbonyl (C=O) groups is 2. The van der Waals surface area contributed by atoms with Crippen LogP contribution in [0.5, 0.6) is 0 Å². The van der Waals surface area contributed by atoms with Crippen molar-refractivity contribution in [2.75, 3.05) is 6.54 Å². The van der Waals surface area contributed by atoms with Gasteiger partial charge in [-0.1, -0.05) is 123 Å². The van der Waals surface area contributed by atoms with Gasteiger partial charge in [0.2, 0.25) is 0 Å².